The lowest BCUT2D eigenvalue weighted by molar-refractivity contribution is 0.555. The van der Waals surface area contributed by atoms with Crippen LogP contribution < -0.4 is 0 Å². The zero-order chi connectivity index (χ0) is 5.98. The molecule has 8 heavy (non-hydrogen) atoms. The molecule has 0 N–H and O–H groups in total. The van der Waals surface area contributed by atoms with Crippen LogP contribution in [0.3, 0.4) is 0 Å². The lowest BCUT2D eigenvalue weighted by atomic mass is 10.3. The molecule has 1 rings (SSSR count). The van der Waals surface area contributed by atoms with Crippen LogP contribution in [0, 0.1) is 6.92 Å². The van der Waals surface area contributed by atoms with Gasteiger partial charge < -0.3 is 4.42 Å². The number of aryl methyl sites for hydroxylation is 1. The first kappa shape index (κ1) is 5.16. The molecule has 1 heterocycles. The van der Waals surface area contributed by atoms with Crippen molar-refractivity contribution in [2.75, 3.05) is 0 Å². The average Bonchev–Trinajstić information content (AvgIpc) is 2.14. The highest BCUT2D eigenvalue weighted by atomic mass is 16.3. The summed E-state index contributed by atoms with van der Waals surface area (Å²) >= 11 is 0. The second-order valence-electron chi connectivity index (χ2n) is 1.67. The molecule has 1 aromatic heterocycles. The van der Waals surface area contributed by atoms with E-state index >= 15 is 0 Å². The molecular formula is C7H8O. The van der Waals surface area contributed by atoms with Crippen molar-refractivity contribution in [3.05, 3.63) is 30.2 Å². The summed E-state index contributed by atoms with van der Waals surface area (Å²) in [6, 6.07) is 1.91. The summed E-state index contributed by atoms with van der Waals surface area (Å²) in [5.41, 5.74) is 1.14. The number of furan rings is 1. The maximum absolute atomic E-state index is 5.00. The summed E-state index contributed by atoms with van der Waals surface area (Å²) in [5, 5.41) is 0. The van der Waals surface area contributed by atoms with Crippen molar-refractivity contribution >= 4 is 6.08 Å². The van der Waals surface area contributed by atoms with Gasteiger partial charge in [0, 0.05) is 0 Å². The number of rotatable bonds is 1. The van der Waals surface area contributed by atoms with Crippen molar-refractivity contribution in [1.82, 2.24) is 0 Å². The Balaban J connectivity index is 3.09. The van der Waals surface area contributed by atoms with Gasteiger partial charge in [0.1, 0.15) is 5.76 Å². The van der Waals surface area contributed by atoms with Crippen LogP contribution in [-0.2, 0) is 0 Å². The summed E-state index contributed by atoms with van der Waals surface area (Å²) in [5.74, 6) is 0.866. The summed E-state index contributed by atoms with van der Waals surface area (Å²) in [6.07, 6.45) is 3.36. The van der Waals surface area contributed by atoms with Crippen molar-refractivity contribution in [2.45, 2.75) is 6.92 Å². The first-order valence-electron chi connectivity index (χ1n) is 2.51. The van der Waals surface area contributed by atoms with Gasteiger partial charge in [0.25, 0.3) is 0 Å². The largest absolute Gasteiger partial charge is 0.465 e. The molecule has 0 atom stereocenters. The first-order chi connectivity index (χ1) is 3.84. The van der Waals surface area contributed by atoms with Gasteiger partial charge in [-0.1, -0.05) is 6.58 Å². The molecule has 0 saturated heterocycles. The fraction of sp³-hybridized carbons (Fsp3) is 0.143. The van der Waals surface area contributed by atoms with E-state index in [0.29, 0.717) is 0 Å². The molecule has 0 aliphatic rings. The monoisotopic (exact) mass is 108 g/mol. The van der Waals surface area contributed by atoms with E-state index in [1.165, 1.54) is 0 Å². The van der Waals surface area contributed by atoms with E-state index in [2.05, 4.69) is 6.58 Å². The van der Waals surface area contributed by atoms with Crippen molar-refractivity contribution in [3.63, 3.8) is 0 Å². The van der Waals surface area contributed by atoms with E-state index in [1.54, 1.807) is 12.3 Å². The van der Waals surface area contributed by atoms with Crippen LogP contribution in [0.2, 0.25) is 0 Å². The van der Waals surface area contributed by atoms with Gasteiger partial charge in [-0.05, 0) is 24.6 Å². The highest BCUT2D eigenvalue weighted by Gasteiger charge is 1.91. The molecule has 0 aliphatic heterocycles. The molecule has 0 aliphatic carbocycles. The molecule has 42 valence electrons. The van der Waals surface area contributed by atoms with Gasteiger partial charge in [0.2, 0.25) is 0 Å². The molecule has 0 unspecified atom stereocenters. The highest BCUT2D eigenvalue weighted by Crippen LogP contribution is 2.08. The van der Waals surface area contributed by atoms with Crippen LogP contribution in [0.5, 0.6) is 0 Å². The maximum Gasteiger partial charge on any atom is 0.128 e. The van der Waals surface area contributed by atoms with E-state index in [4.69, 9.17) is 4.42 Å². The number of hydrogen-bond acceptors (Lipinski definition) is 1. The van der Waals surface area contributed by atoms with E-state index in [1.807, 2.05) is 13.0 Å². The lowest BCUT2D eigenvalue weighted by Gasteiger charge is -1.82. The summed E-state index contributed by atoms with van der Waals surface area (Å²) in [4.78, 5) is 0. The van der Waals surface area contributed by atoms with Gasteiger partial charge in [0.05, 0.1) is 6.26 Å². The van der Waals surface area contributed by atoms with Gasteiger partial charge in [-0.25, -0.2) is 0 Å². The molecule has 1 aromatic rings. The lowest BCUT2D eigenvalue weighted by Crippen LogP contribution is -1.64. The topological polar surface area (TPSA) is 13.1 Å². The maximum atomic E-state index is 5.00. The van der Waals surface area contributed by atoms with Crippen molar-refractivity contribution in [1.29, 1.82) is 0 Å². The molecule has 0 aromatic carbocycles. The molecule has 0 bridgehead atoms. The smallest absolute Gasteiger partial charge is 0.128 e. The molecular weight excluding hydrogens is 100 g/mol. The summed E-state index contributed by atoms with van der Waals surface area (Å²) < 4.78 is 5.00. The Labute approximate surface area is 48.6 Å². The predicted octanol–water partition coefficient (Wildman–Crippen LogP) is 2.23. The Morgan fingerprint density at radius 1 is 1.75 bits per heavy atom. The van der Waals surface area contributed by atoms with Crippen LogP contribution >= 0.6 is 0 Å². The van der Waals surface area contributed by atoms with Crippen molar-refractivity contribution in [3.8, 4) is 0 Å². The Kier molecular flexibility index (Phi) is 1.20. The van der Waals surface area contributed by atoms with Gasteiger partial charge in [-0.15, -0.1) is 0 Å². The Morgan fingerprint density at radius 2 is 2.50 bits per heavy atom. The van der Waals surface area contributed by atoms with Gasteiger partial charge >= 0.3 is 0 Å². The zero-order valence-electron chi connectivity index (χ0n) is 4.85. The zero-order valence-corrected chi connectivity index (χ0v) is 4.85. The molecule has 0 radical (unpaired) electrons. The van der Waals surface area contributed by atoms with Crippen LogP contribution in [0.15, 0.2) is 23.3 Å². The fourth-order valence-corrected chi connectivity index (χ4v) is 0.594. The van der Waals surface area contributed by atoms with Gasteiger partial charge in [-0.3, -0.25) is 0 Å². The third-order valence-electron chi connectivity index (χ3n) is 1.09. The van der Waals surface area contributed by atoms with Crippen molar-refractivity contribution in [2.24, 2.45) is 0 Å². The molecule has 0 saturated carbocycles. The van der Waals surface area contributed by atoms with Gasteiger partial charge in [-0.2, -0.15) is 0 Å². The SMILES string of the molecule is C=Cc1occc1C. The highest BCUT2D eigenvalue weighted by molar-refractivity contribution is 5.43. The summed E-state index contributed by atoms with van der Waals surface area (Å²) in [7, 11) is 0. The first-order valence-corrected chi connectivity index (χ1v) is 2.51. The Bertz CT molecular complexity index is 186. The molecule has 1 nitrogen and oxygen atoms in total. The third-order valence-corrected chi connectivity index (χ3v) is 1.09. The average molecular weight is 108 g/mol. The fourth-order valence-electron chi connectivity index (χ4n) is 0.594. The normalized spacial score (nSPS) is 9.12. The second-order valence-corrected chi connectivity index (χ2v) is 1.67. The molecule has 0 fully saturated rings. The minimum absolute atomic E-state index is 0.866. The van der Waals surface area contributed by atoms with Crippen LogP contribution in [0.4, 0.5) is 0 Å². The van der Waals surface area contributed by atoms with E-state index in [-0.39, 0.29) is 0 Å². The third kappa shape index (κ3) is 0.668. The predicted molar refractivity (Wildman–Crippen MR) is 33.5 cm³/mol. The summed E-state index contributed by atoms with van der Waals surface area (Å²) in [6.45, 7) is 5.56. The standard InChI is InChI=1S/C7H8O/c1-3-7-6(2)4-5-8-7/h3-5H,1H2,2H3. The van der Waals surface area contributed by atoms with E-state index in [9.17, 15) is 0 Å². The van der Waals surface area contributed by atoms with E-state index in [0.717, 1.165) is 11.3 Å². The second kappa shape index (κ2) is 1.86. The minimum atomic E-state index is 0.866. The molecule has 1 heteroatoms. The quantitative estimate of drug-likeness (QED) is 0.537. The Morgan fingerprint density at radius 3 is 2.75 bits per heavy atom. The van der Waals surface area contributed by atoms with Crippen LogP contribution in [-0.4, -0.2) is 0 Å². The van der Waals surface area contributed by atoms with Crippen LogP contribution in [0.25, 0.3) is 6.08 Å². The van der Waals surface area contributed by atoms with Gasteiger partial charge in [0.15, 0.2) is 0 Å². The Hall–Kier alpha value is -0.980. The van der Waals surface area contributed by atoms with Crippen molar-refractivity contribution < 1.29 is 4.42 Å². The minimum Gasteiger partial charge on any atom is -0.465 e. The molecule has 0 spiro atoms. The van der Waals surface area contributed by atoms with E-state index < -0.39 is 0 Å². The van der Waals surface area contributed by atoms with Crippen LogP contribution in [0.1, 0.15) is 11.3 Å². The number of hydrogen-bond donors (Lipinski definition) is 0. The molecule has 0 amide bonds.